The molecule has 1 fully saturated rings. The van der Waals surface area contributed by atoms with Crippen LogP contribution in [0, 0.1) is 6.92 Å². The Kier molecular flexibility index (Phi) is 5.85. The lowest BCUT2D eigenvalue weighted by atomic mass is 10.2. The van der Waals surface area contributed by atoms with Gasteiger partial charge >= 0.3 is 0 Å². The Bertz CT molecular complexity index is 878. The molecule has 1 heterocycles. The van der Waals surface area contributed by atoms with Crippen LogP contribution in [-0.2, 0) is 9.59 Å². The van der Waals surface area contributed by atoms with Crippen LogP contribution < -0.4 is 5.32 Å². The molecule has 0 saturated carbocycles. The van der Waals surface area contributed by atoms with E-state index in [-0.39, 0.29) is 24.8 Å². The van der Waals surface area contributed by atoms with Crippen molar-refractivity contribution in [3.05, 3.63) is 70.6 Å². The summed E-state index contributed by atoms with van der Waals surface area (Å²) in [5.74, 6) is -0.288. The topological polar surface area (TPSA) is 49.4 Å². The van der Waals surface area contributed by atoms with E-state index < -0.39 is 0 Å². The van der Waals surface area contributed by atoms with Crippen LogP contribution in [-0.4, -0.2) is 27.6 Å². The summed E-state index contributed by atoms with van der Waals surface area (Å²) >= 11 is 6.58. The quantitative estimate of drug-likeness (QED) is 0.621. The molecule has 2 aromatic rings. The van der Waals surface area contributed by atoms with Gasteiger partial charge in [-0.3, -0.25) is 14.5 Å². The van der Waals surface area contributed by atoms with Crippen LogP contribution in [0.25, 0.3) is 6.08 Å². The van der Waals surface area contributed by atoms with Crippen molar-refractivity contribution in [2.75, 3.05) is 11.9 Å². The minimum absolute atomic E-state index is 0.142. The Balaban J connectivity index is 1.59. The van der Waals surface area contributed by atoms with Gasteiger partial charge in [0.15, 0.2) is 0 Å². The SMILES string of the molecule is Cc1cccc(NC(=O)CCN2C(=O)/C(=C\c3ccccc3)SC2=S)c1. The Morgan fingerprint density at radius 2 is 1.96 bits per heavy atom. The fraction of sp³-hybridized carbons (Fsp3) is 0.150. The molecule has 0 atom stereocenters. The van der Waals surface area contributed by atoms with Gasteiger partial charge in [0, 0.05) is 18.7 Å². The second-order valence-corrected chi connectivity index (χ2v) is 7.59. The summed E-state index contributed by atoms with van der Waals surface area (Å²) in [5.41, 5.74) is 2.78. The van der Waals surface area contributed by atoms with E-state index in [0.717, 1.165) is 16.8 Å². The number of nitrogens with zero attached hydrogens (tertiary/aromatic N) is 1. The highest BCUT2D eigenvalue weighted by atomic mass is 32.2. The zero-order valence-electron chi connectivity index (χ0n) is 14.3. The van der Waals surface area contributed by atoms with Gasteiger partial charge in [-0.25, -0.2) is 0 Å². The number of rotatable bonds is 5. The number of nitrogens with one attached hydrogen (secondary N) is 1. The molecular weight excluding hydrogens is 364 g/mol. The van der Waals surface area contributed by atoms with Crippen LogP contribution in [0.2, 0.25) is 0 Å². The Morgan fingerprint density at radius 1 is 1.19 bits per heavy atom. The predicted octanol–water partition coefficient (Wildman–Crippen LogP) is 4.23. The highest BCUT2D eigenvalue weighted by molar-refractivity contribution is 8.26. The zero-order valence-corrected chi connectivity index (χ0v) is 15.9. The van der Waals surface area contributed by atoms with Gasteiger partial charge in [-0.15, -0.1) is 0 Å². The monoisotopic (exact) mass is 382 g/mol. The number of aryl methyl sites for hydroxylation is 1. The first kappa shape index (κ1) is 18.4. The number of thioether (sulfide) groups is 1. The summed E-state index contributed by atoms with van der Waals surface area (Å²) in [7, 11) is 0. The first-order valence-corrected chi connectivity index (χ1v) is 9.42. The predicted molar refractivity (Wildman–Crippen MR) is 111 cm³/mol. The van der Waals surface area contributed by atoms with Crippen LogP contribution in [0.1, 0.15) is 17.5 Å². The van der Waals surface area contributed by atoms with E-state index in [4.69, 9.17) is 12.2 Å². The van der Waals surface area contributed by atoms with Crippen LogP contribution in [0.15, 0.2) is 59.5 Å². The number of thiocarbonyl (C=S) groups is 1. The third-order valence-electron chi connectivity index (χ3n) is 3.84. The van der Waals surface area contributed by atoms with Crippen LogP contribution in [0.4, 0.5) is 5.69 Å². The van der Waals surface area contributed by atoms with Crippen molar-refractivity contribution in [2.45, 2.75) is 13.3 Å². The number of amides is 2. The van der Waals surface area contributed by atoms with Gasteiger partial charge in [0.05, 0.1) is 4.91 Å². The van der Waals surface area contributed by atoms with E-state index in [0.29, 0.717) is 9.23 Å². The number of hydrogen-bond donors (Lipinski definition) is 1. The summed E-state index contributed by atoms with van der Waals surface area (Å²) in [5, 5.41) is 2.85. The van der Waals surface area contributed by atoms with E-state index in [1.165, 1.54) is 16.7 Å². The standard InChI is InChI=1S/C20H18N2O2S2/c1-14-6-5-9-16(12-14)21-18(23)10-11-22-19(24)17(26-20(22)25)13-15-7-3-2-4-8-15/h2-9,12-13H,10-11H2,1H3,(H,21,23)/b17-13+. The molecule has 0 aliphatic carbocycles. The average Bonchev–Trinajstić information content (AvgIpc) is 2.87. The fourth-order valence-electron chi connectivity index (χ4n) is 2.55. The molecule has 0 aromatic heterocycles. The molecular formula is C20H18N2O2S2. The van der Waals surface area contributed by atoms with Gasteiger partial charge in [-0.1, -0.05) is 66.4 Å². The van der Waals surface area contributed by atoms with Crippen molar-refractivity contribution in [1.29, 1.82) is 0 Å². The van der Waals surface area contributed by atoms with Crippen molar-refractivity contribution in [1.82, 2.24) is 4.90 Å². The maximum atomic E-state index is 12.6. The number of carbonyl (C=O) groups excluding carboxylic acids is 2. The fourth-order valence-corrected chi connectivity index (χ4v) is 3.86. The van der Waals surface area contributed by atoms with Crippen molar-refractivity contribution < 1.29 is 9.59 Å². The zero-order chi connectivity index (χ0) is 18.5. The molecule has 0 radical (unpaired) electrons. The van der Waals surface area contributed by atoms with Gasteiger partial charge in [0.2, 0.25) is 5.91 Å². The molecule has 26 heavy (non-hydrogen) atoms. The summed E-state index contributed by atoms with van der Waals surface area (Å²) in [6.07, 6.45) is 2.02. The highest BCUT2D eigenvalue weighted by Gasteiger charge is 2.32. The minimum Gasteiger partial charge on any atom is -0.326 e. The molecule has 2 aromatic carbocycles. The van der Waals surface area contributed by atoms with Crippen molar-refractivity contribution in [3.8, 4) is 0 Å². The van der Waals surface area contributed by atoms with Gasteiger partial charge < -0.3 is 5.32 Å². The van der Waals surface area contributed by atoms with Crippen molar-refractivity contribution in [2.24, 2.45) is 0 Å². The molecule has 132 valence electrons. The van der Waals surface area contributed by atoms with Crippen molar-refractivity contribution >= 4 is 51.9 Å². The third-order valence-corrected chi connectivity index (χ3v) is 5.21. The van der Waals surface area contributed by atoms with Crippen LogP contribution in [0.3, 0.4) is 0 Å². The smallest absolute Gasteiger partial charge is 0.266 e. The van der Waals surface area contributed by atoms with Crippen LogP contribution in [0.5, 0.6) is 0 Å². The lowest BCUT2D eigenvalue weighted by molar-refractivity contribution is -0.122. The molecule has 1 saturated heterocycles. The van der Waals surface area contributed by atoms with Gasteiger partial charge in [0.1, 0.15) is 4.32 Å². The van der Waals surface area contributed by atoms with Gasteiger partial charge in [0.25, 0.3) is 5.91 Å². The van der Waals surface area contributed by atoms with E-state index in [1.54, 1.807) is 0 Å². The lowest BCUT2D eigenvalue weighted by Gasteiger charge is -2.14. The lowest BCUT2D eigenvalue weighted by Crippen LogP contribution is -2.31. The number of benzene rings is 2. The summed E-state index contributed by atoms with van der Waals surface area (Å²) in [6.45, 7) is 2.24. The molecule has 3 rings (SSSR count). The molecule has 6 heteroatoms. The van der Waals surface area contributed by atoms with Crippen molar-refractivity contribution in [3.63, 3.8) is 0 Å². The second kappa shape index (κ2) is 8.29. The largest absolute Gasteiger partial charge is 0.326 e. The minimum atomic E-state index is -0.146. The van der Waals surface area contributed by atoms with E-state index in [9.17, 15) is 9.59 Å². The summed E-state index contributed by atoms with van der Waals surface area (Å²) in [6, 6.07) is 17.2. The van der Waals surface area contributed by atoms with E-state index in [1.807, 2.05) is 67.6 Å². The first-order valence-electron chi connectivity index (χ1n) is 8.20. The maximum Gasteiger partial charge on any atom is 0.266 e. The molecule has 2 amide bonds. The van der Waals surface area contributed by atoms with E-state index in [2.05, 4.69) is 5.32 Å². The maximum absolute atomic E-state index is 12.6. The molecule has 0 unspecified atom stereocenters. The number of anilines is 1. The highest BCUT2D eigenvalue weighted by Crippen LogP contribution is 2.32. The van der Waals surface area contributed by atoms with E-state index >= 15 is 0 Å². The van der Waals surface area contributed by atoms with Crippen LogP contribution >= 0.6 is 24.0 Å². The Labute approximate surface area is 162 Å². The summed E-state index contributed by atoms with van der Waals surface area (Å²) < 4.78 is 0.487. The Hall–Kier alpha value is -2.44. The normalized spacial score (nSPS) is 15.6. The van der Waals surface area contributed by atoms with Gasteiger partial charge in [-0.2, -0.15) is 0 Å². The molecule has 4 nitrogen and oxygen atoms in total. The average molecular weight is 383 g/mol. The number of carbonyl (C=O) groups is 2. The molecule has 1 N–H and O–H groups in total. The Morgan fingerprint density at radius 3 is 2.69 bits per heavy atom. The molecule has 0 spiro atoms. The first-order chi connectivity index (χ1) is 12.5. The summed E-state index contributed by atoms with van der Waals surface area (Å²) in [4.78, 5) is 26.8. The third kappa shape index (κ3) is 4.59. The molecule has 1 aliphatic rings. The molecule has 1 aliphatic heterocycles. The second-order valence-electron chi connectivity index (χ2n) is 5.91. The molecule has 0 bridgehead atoms. The number of hydrogen-bond acceptors (Lipinski definition) is 4. The van der Waals surface area contributed by atoms with Gasteiger partial charge in [-0.05, 0) is 36.3 Å².